The Kier molecular flexibility index (Phi) is 19.6. The van der Waals surface area contributed by atoms with Gasteiger partial charge >= 0.3 is 0 Å². The van der Waals surface area contributed by atoms with Gasteiger partial charge in [0.2, 0.25) is 0 Å². The van der Waals surface area contributed by atoms with E-state index in [1.54, 1.807) is 0 Å². The minimum atomic E-state index is 0. The van der Waals surface area contributed by atoms with Gasteiger partial charge in [0, 0.05) is 9.78 Å². The predicted octanol–water partition coefficient (Wildman–Crippen LogP) is 3.72. The minimum Gasteiger partial charge on any atom is -0.0776 e. The average molecular weight is 145 g/mol. The zero-order chi connectivity index (χ0) is 9.21. The van der Waals surface area contributed by atoms with Crippen molar-refractivity contribution in [2.24, 2.45) is 5.41 Å². The molecule has 0 aliphatic carbocycles. The summed E-state index contributed by atoms with van der Waals surface area (Å²) in [7, 11) is 1.25. The van der Waals surface area contributed by atoms with Crippen LogP contribution in [-0.4, -0.2) is 8.41 Å². The Labute approximate surface area is 71.4 Å². The molecule has 1 heteroatoms. The van der Waals surface area contributed by atoms with Gasteiger partial charge in [-0.15, -0.1) is 0 Å². The Morgan fingerprint density at radius 3 is 1.30 bits per heavy atom. The summed E-state index contributed by atoms with van der Waals surface area (Å²) in [6, 6.07) is 0. The third-order valence-corrected chi connectivity index (χ3v) is 1.06. The van der Waals surface area contributed by atoms with Crippen molar-refractivity contribution in [1.82, 2.24) is 0 Å². The summed E-state index contributed by atoms with van der Waals surface area (Å²) in [5.41, 5.74) is 0.542. The first-order valence-electron chi connectivity index (χ1n) is 4.56. The highest BCUT2D eigenvalue weighted by Crippen LogP contribution is 2.16. The zero-order valence-corrected chi connectivity index (χ0v) is 8.78. The fourth-order valence-electron chi connectivity index (χ4n) is 0. The van der Waals surface area contributed by atoms with Crippen molar-refractivity contribution in [3.05, 3.63) is 0 Å². The lowest BCUT2D eigenvalue weighted by molar-refractivity contribution is 0.398. The third kappa shape index (κ3) is 42.9. The molecule has 0 bridgehead atoms. The molecule has 3 radical (unpaired) electrons. The molecular formula is C9H24B. The Morgan fingerprint density at radius 2 is 1.30 bits per heavy atom. The van der Waals surface area contributed by atoms with Crippen LogP contribution in [0.4, 0.5) is 0 Å². The van der Waals surface area contributed by atoms with E-state index in [-0.39, 0.29) is 8.41 Å². The maximum atomic E-state index is 5.75. The van der Waals surface area contributed by atoms with Gasteiger partial charge in [0.25, 0.3) is 0 Å². The van der Waals surface area contributed by atoms with Crippen molar-refractivity contribution in [3.63, 3.8) is 0 Å². The molecule has 0 unspecified atom stereocenters. The first kappa shape index (κ1) is 16.6. The molecule has 0 aliphatic heterocycles. The van der Waals surface area contributed by atoms with Crippen molar-refractivity contribution in [2.45, 2.75) is 55.4 Å². The highest BCUT2D eigenvalue weighted by Gasteiger charge is 2.03. The molecule has 10 heavy (non-hydrogen) atoms. The molecule has 0 N–H and O–H groups in total. The van der Waals surface area contributed by atoms with Crippen molar-refractivity contribution in [1.29, 1.82) is 0 Å². The van der Waals surface area contributed by atoms with E-state index in [1.165, 1.54) is 13.8 Å². The Hall–Kier alpha value is 0.0649. The van der Waals surface area contributed by atoms with E-state index in [4.69, 9.17) is 1.37 Å². The van der Waals surface area contributed by atoms with Crippen LogP contribution in [0.3, 0.4) is 0 Å². The minimum absolute atomic E-state index is 0. The van der Waals surface area contributed by atoms with Crippen LogP contribution < -0.4 is 0 Å². The van der Waals surface area contributed by atoms with E-state index >= 15 is 0 Å². The van der Waals surface area contributed by atoms with Gasteiger partial charge in [-0.1, -0.05) is 55.4 Å². The molecule has 0 aromatic carbocycles. The molecule has 0 aromatic heterocycles. The monoisotopic (exact) mass is 145 g/mol. The molecule has 0 heterocycles. The lowest BCUT2D eigenvalue weighted by Crippen LogP contribution is -2.00. The normalized spacial score (nSPS) is 8.50. The molecule has 0 spiro atoms. The second-order valence-corrected chi connectivity index (χ2v) is 2.91. The standard InChI is InChI=1S/C6H14.C2H6.CH4.B/c1-5-6(2,3)4;1-2;;/h5H2,1-4H3;1-2H3;1H4;/i;;1T;. The molecule has 0 aliphatic rings. The van der Waals surface area contributed by atoms with Crippen molar-refractivity contribution in [2.75, 3.05) is 0 Å². The zero-order valence-electron chi connectivity index (χ0n) is 9.78. The summed E-state index contributed by atoms with van der Waals surface area (Å²) < 4.78 is 5.75. The third-order valence-electron chi connectivity index (χ3n) is 1.06. The number of hydrogen-bond donors (Lipinski definition) is 0. The first-order valence-corrected chi connectivity index (χ1v) is 3.56. The lowest BCUT2D eigenvalue weighted by Gasteiger charge is -2.12. The van der Waals surface area contributed by atoms with Crippen molar-refractivity contribution < 1.29 is 1.37 Å². The SMILES string of the molecule is CC.CCC(C)(C)C.[3H]C.[B]. The van der Waals surface area contributed by atoms with Crippen LogP contribution >= 0.6 is 0 Å². The molecule has 0 nitrogen and oxygen atoms in total. The summed E-state index contributed by atoms with van der Waals surface area (Å²) in [5, 5.41) is 0. The maximum absolute atomic E-state index is 5.75. The van der Waals surface area contributed by atoms with Crippen LogP contribution in [0.2, 0.25) is 0 Å². The van der Waals surface area contributed by atoms with Crippen molar-refractivity contribution >= 4 is 8.41 Å². The molecule has 0 fully saturated rings. The lowest BCUT2D eigenvalue weighted by atomic mass is 9.94. The van der Waals surface area contributed by atoms with Crippen LogP contribution in [-0.2, 0) is 0 Å². The van der Waals surface area contributed by atoms with Gasteiger partial charge in [0.05, 0.1) is 0 Å². The van der Waals surface area contributed by atoms with Crippen LogP contribution in [0, 0.1) is 5.41 Å². The van der Waals surface area contributed by atoms with Gasteiger partial charge in [-0.05, 0) is 5.41 Å². The molecule has 0 saturated heterocycles. The summed E-state index contributed by atoms with van der Waals surface area (Å²) in [6.45, 7) is 12.9. The van der Waals surface area contributed by atoms with Gasteiger partial charge in [-0.3, -0.25) is 0 Å². The molecule has 63 valence electrons. The van der Waals surface area contributed by atoms with Gasteiger partial charge < -0.3 is 0 Å². The first-order chi connectivity index (χ1) is 4.56. The van der Waals surface area contributed by atoms with E-state index in [1.807, 2.05) is 13.8 Å². The second kappa shape index (κ2) is 11.8. The highest BCUT2D eigenvalue weighted by atomic mass is 14.1. The van der Waals surface area contributed by atoms with E-state index < -0.39 is 0 Å². The summed E-state index contributed by atoms with van der Waals surface area (Å²) in [6.07, 6.45) is 1.27. The molecule has 0 atom stereocenters. The summed E-state index contributed by atoms with van der Waals surface area (Å²) >= 11 is 0. The van der Waals surface area contributed by atoms with Crippen LogP contribution in [0.15, 0.2) is 0 Å². The summed E-state index contributed by atoms with van der Waals surface area (Å²) in [5.74, 6) is 0. The molecular weight excluding hydrogens is 119 g/mol. The van der Waals surface area contributed by atoms with Crippen LogP contribution in [0.25, 0.3) is 0 Å². The fourth-order valence-corrected chi connectivity index (χ4v) is 0. The Morgan fingerprint density at radius 1 is 1.20 bits per heavy atom. The van der Waals surface area contributed by atoms with Gasteiger partial charge in [0.1, 0.15) is 0 Å². The average Bonchev–Trinajstić information content (AvgIpc) is 1.95. The highest BCUT2D eigenvalue weighted by molar-refractivity contribution is 5.75. The quantitative estimate of drug-likeness (QED) is 0.455. The van der Waals surface area contributed by atoms with Gasteiger partial charge in [-0.2, -0.15) is 0 Å². The second-order valence-electron chi connectivity index (χ2n) is 2.91. The molecule has 0 rings (SSSR count). The largest absolute Gasteiger partial charge is 0.0776 e. The van der Waals surface area contributed by atoms with Gasteiger partial charge in [0.15, 0.2) is 0 Å². The van der Waals surface area contributed by atoms with E-state index in [0.717, 1.165) is 0 Å². The van der Waals surface area contributed by atoms with E-state index in [0.29, 0.717) is 5.41 Å². The smallest absolute Gasteiger partial charge is 0.0194 e. The number of rotatable bonds is 0. The molecule has 0 aromatic rings. The van der Waals surface area contributed by atoms with Crippen molar-refractivity contribution in [3.8, 4) is 0 Å². The topological polar surface area (TPSA) is 0 Å². The predicted molar refractivity (Wildman–Crippen MR) is 53.6 cm³/mol. The van der Waals surface area contributed by atoms with Crippen LogP contribution in [0.5, 0.6) is 0 Å². The Bertz CT molecular complexity index is 39.3. The molecule has 0 amide bonds. The molecule has 0 saturated carbocycles. The van der Waals surface area contributed by atoms with E-state index in [2.05, 4.69) is 27.7 Å². The Balaban J connectivity index is -0.0000000428. The maximum Gasteiger partial charge on any atom is 0.0194 e. The van der Waals surface area contributed by atoms with E-state index in [9.17, 15) is 0 Å². The summed E-state index contributed by atoms with van der Waals surface area (Å²) in [4.78, 5) is 0. The van der Waals surface area contributed by atoms with Crippen LogP contribution in [0.1, 0.15) is 56.7 Å². The fraction of sp³-hybridized carbons (Fsp3) is 1.00. The van der Waals surface area contributed by atoms with Gasteiger partial charge in [-0.25, -0.2) is 0 Å². The number of hydrogen-bond acceptors (Lipinski definition) is 0.